The third-order valence-electron chi connectivity index (χ3n) is 4.08. The standard InChI is InChI=1S/C18H18N2O/c19-11-13-4-6-14(7-5-13)12-20-18-3-1-2-15-10-16(21)8-9-17(15)18/h4-10,18,20-21H,1-3,12H2. The molecule has 2 aromatic carbocycles. The number of phenols is 1. The minimum atomic E-state index is 0.338. The van der Waals surface area contributed by atoms with Crippen molar-refractivity contribution in [1.82, 2.24) is 5.32 Å². The molecule has 0 aromatic heterocycles. The van der Waals surface area contributed by atoms with E-state index in [1.54, 1.807) is 6.07 Å². The van der Waals surface area contributed by atoms with E-state index in [1.165, 1.54) is 16.7 Å². The van der Waals surface area contributed by atoms with Gasteiger partial charge in [-0.3, -0.25) is 0 Å². The lowest BCUT2D eigenvalue weighted by Crippen LogP contribution is -2.24. The van der Waals surface area contributed by atoms with E-state index in [1.807, 2.05) is 36.4 Å². The highest BCUT2D eigenvalue weighted by molar-refractivity contribution is 5.38. The molecule has 0 saturated carbocycles. The number of rotatable bonds is 3. The Balaban J connectivity index is 1.70. The van der Waals surface area contributed by atoms with Crippen LogP contribution in [0.1, 0.15) is 41.1 Å². The van der Waals surface area contributed by atoms with Gasteiger partial charge >= 0.3 is 0 Å². The Labute approximate surface area is 124 Å². The van der Waals surface area contributed by atoms with Gasteiger partial charge in [-0.1, -0.05) is 18.2 Å². The van der Waals surface area contributed by atoms with Gasteiger partial charge in [0, 0.05) is 12.6 Å². The molecule has 1 unspecified atom stereocenters. The topological polar surface area (TPSA) is 56.0 Å². The molecule has 0 amide bonds. The average molecular weight is 278 g/mol. The van der Waals surface area contributed by atoms with Gasteiger partial charge < -0.3 is 10.4 Å². The zero-order valence-electron chi connectivity index (χ0n) is 11.8. The van der Waals surface area contributed by atoms with E-state index >= 15 is 0 Å². The first kappa shape index (κ1) is 13.7. The Morgan fingerprint density at radius 2 is 2.00 bits per heavy atom. The highest BCUT2D eigenvalue weighted by Gasteiger charge is 2.19. The summed E-state index contributed by atoms with van der Waals surface area (Å²) in [5.74, 6) is 0.349. The number of nitriles is 1. The van der Waals surface area contributed by atoms with Crippen LogP contribution in [0.15, 0.2) is 42.5 Å². The maximum Gasteiger partial charge on any atom is 0.115 e. The number of hydrogen-bond acceptors (Lipinski definition) is 3. The first-order chi connectivity index (χ1) is 10.3. The summed E-state index contributed by atoms with van der Waals surface area (Å²) in [5, 5.41) is 22.0. The minimum Gasteiger partial charge on any atom is -0.508 e. The Morgan fingerprint density at radius 1 is 1.19 bits per heavy atom. The van der Waals surface area contributed by atoms with Gasteiger partial charge in [-0.15, -0.1) is 0 Å². The fourth-order valence-electron chi connectivity index (χ4n) is 2.95. The quantitative estimate of drug-likeness (QED) is 0.904. The van der Waals surface area contributed by atoms with Crippen LogP contribution in [-0.4, -0.2) is 5.11 Å². The molecule has 3 heteroatoms. The lowest BCUT2D eigenvalue weighted by atomic mass is 9.87. The largest absolute Gasteiger partial charge is 0.508 e. The molecule has 0 fully saturated rings. The molecule has 3 nitrogen and oxygen atoms in total. The molecular weight excluding hydrogens is 260 g/mol. The molecule has 0 spiro atoms. The molecule has 0 heterocycles. The molecule has 106 valence electrons. The van der Waals surface area contributed by atoms with Crippen molar-refractivity contribution in [1.29, 1.82) is 5.26 Å². The zero-order chi connectivity index (χ0) is 14.7. The number of aromatic hydroxyl groups is 1. The number of hydrogen-bond donors (Lipinski definition) is 2. The fourth-order valence-corrected chi connectivity index (χ4v) is 2.95. The van der Waals surface area contributed by atoms with E-state index in [0.29, 0.717) is 17.4 Å². The fraction of sp³-hybridized carbons (Fsp3) is 0.278. The normalized spacial score (nSPS) is 17.0. The van der Waals surface area contributed by atoms with E-state index in [2.05, 4.69) is 11.4 Å². The Morgan fingerprint density at radius 3 is 2.76 bits per heavy atom. The average Bonchev–Trinajstić information content (AvgIpc) is 2.53. The predicted molar refractivity (Wildman–Crippen MR) is 81.8 cm³/mol. The molecule has 0 radical (unpaired) electrons. The molecule has 0 bridgehead atoms. The number of phenolic OH excluding ortho intramolecular Hbond substituents is 1. The second kappa shape index (κ2) is 5.99. The summed E-state index contributed by atoms with van der Waals surface area (Å²) < 4.78 is 0. The lowest BCUT2D eigenvalue weighted by Gasteiger charge is -2.26. The van der Waals surface area contributed by atoms with Crippen molar-refractivity contribution < 1.29 is 5.11 Å². The highest BCUT2D eigenvalue weighted by Crippen LogP contribution is 2.32. The van der Waals surface area contributed by atoms with Crippen molar-refractivity contribution in [2.45, 2.75) is 31.8 Å². The van der Waals surface area contributed by atoms with Crippen LogP contribution in [0.25, 0.3) is 0 Å². The maximum absolute atomic E-state index is 9.59. The first-order valence-corrected chi connectivity index (χ1v) is 7.30. The van der Waals surface area contributed by atoms with E-state index in [-0.39, 0.29) is 0 Å². The van der Waals surface area contributed by atoms with Gasteiger partial charge in [-0.25, -0.2) is 0 Å². The lowest BCUT2D eigenvalue weighted by molar-refractivity contribution is 0.449. The molecule has 2 aromatic rings. The van der Waals surface area contributed by atoms with Crippen LogP contribution >= 0.6 is 0 Å². The molecule has 2 N–H and O–H groups in total. The van der Waals surface area contributed by atoms with E-state index in [4.69, 9.17) is 5.26 Å². The maximum atomic E-state index is 9.59. The van der Waals surface area contributed by atoms with Crippen molar-refractivity contribution >= 4 is 0 Å². The third kappa shape index (κ3) is 3.07. The van der Waals surface area contributed by atoms with Crippen molar-refractivity contribution in [3.05, 3.63) is 64.7 Å². The van der Waals surface area contributed by atoms with Crippen molar-refractivity contribution in [3.8, 4) is 11.8 Å². The Kier molecular flexibility index (Phi) is 3.89. The second-order valence-electron chi connectivity index (χ2n) is 5.52. The molecule has 1 aliphatic carbocycles. The third-order valence-corrected chi connectivity index (χ3v) is 4.08. The summed E-state index contributed by atoms with van der Waals surface area (Å²) in [7, 11) is 0. The summed E-state index contributed by atoms with van der Waals surface area (Å²) in [6, 6.07) is 15.8. The molecule has 0 aliphatic heterocycles. The smallest absolute Gasteiger partial charge is 0.115 e. The van der Waals surface area contributed by atoms with Crippen LogP contribution in [0.4, 0.5) is 0 Å². The van der Waals surface area contributed by atoms with E-state index in [9.17, 15) is 5.11 Å². The van der Waals surface area contributed by atoms with Gasteiger partial charge in [0.15, 0.2) is 0 Å². The van der Waals surface area contributed by atoms with Crippen molar-refractivity contribution in [2.75, 3.05) is 0 Å². The summed E-state index contributed by atoms with van der Waals surface area (Å²) in [4.78, 5) is 0. The molecule has 1 atom stereocenters. The predicted octanol–water partition coefficient (Wildman–Crippen LogP) is 3.43. The number of fused-ring (bicyclic) bond motifs is 1. The van der Waals surface area contributed by atoms with Crippen LogP contribution in [0.3, 0.4) is 0 Å². The molecule has 21 heavy (non-hydrogen) atoms. The van der Waals surface area contributed by atoms with Gasteiger partial charge in [0.25, 0.3) is 0 Å². The first-order valence-electron chi connectivity index (χ1n) is 7.30. The number of nitrogens with zero attached hydrogens (tertiary/aromatic N) is 1. The second-order valence-corrected chi connectivity index (χ2v) is 5.52. The molecular formula is C18H18N2O. The van der Waals surface area contributed by atoms with Crippen LogP contribution < -0.4 is 5.32 Å². The number of nitrogens with one attached hydrogen (secondary N) is 1. The zero-order valence-corrected chi connectivity index (χ0v) is 11.8. The summed E-state index contributed by atoms with van der Waals surface area (Å²) in [5.41, 5.74) is 4.42. The number of benzene rings is 2. The van der Waals surface area contributed by atoms with E-state index in [0.717, 1.165) is 25.8 Å². The van der Waals surface area contributed by atoms with Gasteiger partial charge in [-0.05, 0) is 60.2 Å². The van der Waals surface area contributed by atoms with Gasteiger partial charge in [0.05, 0.1) is 11.6 Å². The van der Waals surface area contributed by atoms with Crippen LogP contribution in [0.5, 0.6) is 5.75 Å². The summed E-state index contributed by atoms with van der Waals surface area (Å²) in [6.45, 7) is 0.788. The van der Waals surface area contributed by atoms with Crippen molar-refractivity contribution in [2.24, 2.45) is 0 Å². The van der Waals surface area contributed by atoms with Crippen molar-refractivity contribution in [3.63, 3.8) is 0 Å². The monoisotopic (exact) mass is 278 g/mol. The van der Waals surface area contributed by atoms with Crippen LogP contribution in [0.2, 0.25) is 0 Å². The van der Waals surface area contributed by atoms with Crippen LogP contribution in [-0.2, 0) is 13.0 Å². The van der Waals surface area contributed by atoms with E-state index < -0.39 is 0 Å². The molecule has 1 aliphatic rings. The molecule has 3 rings (SSSR count). The summed E-state index contributed by atoms with van der Waals surface area (Å²) >= 11 is 0. The number of aryl methyl sites for hydroxylation is 1. The molecule has 0 saturated heterocycles. The summed E-state index contributed by atoms with van der Waals surface area (Å²) in [6.07, 6.45) is 3.30. The van der Waals surface area contributed by atoms with Gasteiger partial charge in [-0.2, -0.15) is 5.26 Å². The Bertz CT molecular complexity index is 671. The minimum absolute atomic E-state index is 0.338. The van der Waals surface area contributed by atoms with Crippen LogP contribution in [0, 0.1) is 11.3 Å². The Hall–Kier alpha value is -2.31. The highest BCUT2D eigenvalue weighted by atomic mass is 16.3. The van der Waals surface area contributed by atoms with Gasteiger partial charge in [0.2, 0.25) is 0 Å². The van der Waals surface area contributed by atoms with Gasteiger partial charge in [0.1, 0.15) is 5.75 Å². The SMILES string of the molecule is N#Cc1ccc(CNC2CCCc3cc(O)ccc32)cc1.